The molecule has 28 heavy (non-hydrogen) atoms. The van der Waals surface area contributed by atoms with Crippen LogP contribution in [0.5, 0.6) is 0 Å². The molecule has 0 spiro atoms. The smallest absolute Gasteiger partial charge is 0.393 e. The number of piperidine rings is 1. The molecular weight excluding hydrogens is 369 g/mol. The molecule has 5 nitrogen and oxygen atoms in total. The Morgan fingerprint density at radius 1 is 1.25 bits per heavy atom. The normalized spacial score (nSPS) is 17.0. The SMILES string of the molecule is CCNC(=NCCCN1CCC(O)CC1)N(C)Cc1ccc(C(F)(F)F)cc1. The summed E-state index contributed by atoms with van der Waals surface area (Å²) in [6.45, 7) is 6.68. The van der Waals surface area contributed by atoms with Crippen molar-refractivity contribution in [2.24, 2.45) is 4.99 Å². The van der Waals surface area contributed by atoms with E-state index < -0.39 is 11.7 Å². The predicted octanol–water partition coefficient (Wildman–Crippen LogP) is 2.95. The van der Waals surface area contributed by atoms with Gasteiger partial charge in [0.15, 0.2) is 5.96 Å². The molecule has 0 amide bonds. The highest BCUT2D eigenvalue weighted by Crippen LogP contribution is 2.29. The summed E-state index contributed by atoms with van der Waals surface area (Å²) in [6.07, 6.45) is -1.87. The number of alkyl halides is 3. The molecule has 0 bridgehead atoms. The number of halogens is 3. The van der Waals surface area contributed by atoms with Gasteiger partial charge in [-0.15, -0.1) is 0 Å². The van der Waals surface area contributed by atoms with E-state index in [9.17, 15) is 18.3 Å². The molecule has 1 aromatic carbocycles. The van der Waals surface area contributed by atoms with Gasteiger partial charge in [0.25, 0.3) is 0 Å². The third-order valence-electron chi connectivity index (χ3n) is 4.85. The van der Waals surface area contributed by atoms with Gasteiger partial charge in [0, 0.05) is 39.8 Å². The van der Waals surface area contributed by atoms with Crippen molar-refractivity contribution in [2.45, 2.75) is 45.0 Å². The number of nitrogens with zero attached hydrogens (tertiary/aromatic N) is 3. The summed E-state index contributed by atoms with van der Waals surface area (Å²) in [5.74, 6) is 0.747. The fourth-order valence-corrected chi connectivity index (χ4v) is 3.24. The maximum atomic E-state index is 12.7. The van der Waals surface area contributed by atoms with E-state index in [-0.39, 0.29) is 6.10 Å². The van der Waals surface area contributed by atoms with Crippen LogP contribution in [-0.4, -0.2) is 66.7 Å². The van der Waals surface area contributed by atoms with Crippen LogP contribution in [0.1, 0.15) is 37.3 Å². The Kier molecular flexibility index (Phi) is 8.57. The number of guanidine groups is 1. The van der Waals surface area contributed by atoms with Gasteiger partial charge in [-0.05, 0) is 50.4 Å². The van der Waals surface area contributed by atoms with Gasteiger partial charge in [0.05, 0.1) is 11.7 Å². The molecule has 1 aliphatic heterocycles. The first-order chi connectivity index (χ1) is 13.3. The molecule has 2 N–H and O–H groups in total. The highest BCUT2D eigenvalue weighted by Gasteiger charge is 2.29. The van der Waals surface area contributed by atoms with Gasteiger partial charge >= 0.3 is 6.18 Å². The fraction of sp³-hybridized carbons (Fsp3) is 0.650. The third kappa shape index (κ3) is 7.31. The number of nitrogens with one attached hydrogen (secondary N) is 1. The van der Waals surface area contributed by atoms with Crippen molar-refractivity contribution in [3.05, 3.63) is 35.4 Å². The van der Waals surface area contributed by atoms with Crippen LogP contribution in [0.2, 0.25) is 0 Å². The fourth-order valence-electron chi connectivity index (χ4n) is 3.24. The second-order valence-corrected chi connectivity index (χ2v) is 7.21. The lowest BCUT2D eigenvalue weighted by molar-refractivity contribution is -0.137. The minimum Gasteiger partial charge on any atom is -0.393 e. The molecule has 1 aromatic rings. The Labute approximate surface area is 165 Å². The molecule has 0 aliphatic carbocycles. The van der Waals surface area contributed by atoms with E-state index in [4.69, 9.17) is 0 Å². The quantitative estimate of drug-likeness (QED) is 0.420. The average molecular weight is 400 g/mol. The number of benzene rings is 1. The molecule has 158 valence electrons. The number of hydrogen-bond acceptors (Lipinski definition) is 3. The molecule has 1 aliphatic rings. The van der Waals surface area contributed by atoms with Crippen LogP contribution in [0, 0.1) is 0 Å². The Balaban J connectivity index is 1.84. The Morgan fingerprint density at radius 3 is 2.46 bits per heavy atom. The summed E-state index contributed by atoms with van der Waals surface area (Å²) in [4.78, 5) is 8.91. The van der Waals surface area contributed by atoms with E-state index in [0.717, 1.165) is 69.1 Å². The van der Waals surface area contributed by atoms with Crippen LogP contribution in [0.25, 0.3) is 0 Å². The molecule has 8 heteroatoms. The summed E-state index contributed by atoms with van der Waals surface area (Å²) in [5, 5.41) is 12.8. The number of rotatable bonds is 7. The summed E-state index contributed by atoms with van der Waals surface area (Å²) in [5.41, 5.74) is 0.165. The van der Waals surface area contributed by atoms with E-state index in [1.54, 1.807) is 0 Å². The summed E-state index contributed by atoms with van der Waals surface area (Å²) in [6, 6.07) is 5.24. The van der Waals surface area contributed by atoms with Crippen molar-refractivity contribution in [1.82, 2.24) is 15.1 Å². The van der Waals surface area contributed by atoms with Gasteiger partial charge in [-0.3, -0.25) is 4.99 Å². The van der Waals surface area contributed by atoms with Crippen molar-refractivity contribution in [3.8, 4) is 0 Å². The maximum absolute atomic E-state index is 12.7. The lowest BCUT2D eigenvalue weighted by atomic mass is 10.1. The molecular formula is C20H31F3N4O. The van der Waals surface area contributed by atoms with Crippen LogP contribution in [-0.2, 0) is 12.7 Å². The molecule has 1 fully saturated rings. The van der Waals surface area contributed by atoms with Crippen molar-refractivity contribution < 1.29 is 18.3 Å². The zero-order valence-electron chi connectivity index (χ0n) is 16.7. The monoisotopic (exact) mass is 400 g/mol. The zero-order chi connectivity index (χ0) is 20.6. The van der Waals surface area contributed by atoms with Crippen LogP contribution in [0.3, 0.4) is 0 Å². The van der Waals surface area contributed by atoms with Crippen molar-refractivity contribution in [1.29, 1.82) is 0 Å². The van der Waals surface area contributed by atoms with E-state index in [1.165, 1.54) is 12.1 Å². The summed E-state index contributed by atoms with van der Waals surface area (Å²) >= 11 is 0. The van der Waals surface area contributed by atoms with E-state index >= 15 is 0 Å². The predicted molar refractivity (Wildman–Crippen MR) is 105 cm³/mol. The highest BCUT2D eigenvalue weighted by atomic mass is 19.4. The van der Waals surface area contributed by atoms with Crippen molar-refractivity contribution >= 4 is 5.96 Å². The van der Waals surface area contributed by atoms with Gasteiger partial charge in [-0.2, -0.15) is 13.2 Å². The van der Waals surface area contributed by atoms with E-state index in [1.807, 2.05) is 18.9 Å². The zero-order valence-corrected chi connectivity index (χ0v) is 16.7. The molecule has 0 radical (unpaired) electrons. The first-order valence-electron chi connectivity index (χ1n) is 9.85. The third-order valence-corrected chi connectivity index (χ3v) is 4.85. The Bertz CT molecular complexity index is 611. The lowest BCUT2D eigenvalue weighted by Crippen LogP contribution is -2.39. The number of likely N-dealkylation sites (tertiary alicyclic amines) is 1. The van der Waals surface area contributed by atoms with Crippen molar-refractivity contribution in [3.63, 3.8) is 0 Å². The minimum absolute atomic E-state index is 0.159. The Hall–Kier alpha value is -1.80. The van der Waals surface area contributed by atoms with E-state index in [0.29, 0.717) is 13.1 Å². The Morgan fingerprint density at radius 2 is 1.89 bits per heavy atom. The number of aliphatic hydroxyl groups excluding tert-OH is 1. The van der Waals surface area contributed by atoms with Crippen LogP contribution < -0.4 is 5.32 Å². The topological polar surface area (TPSA) is 51.1 Å². The molecule has 1 heterocycles. The molecule has 0 saturated carbocycles. The molecule has 1 saturated heterocycles. The molecule has 0 unspecified atom stereocenters. The number of aliphatic imine (C=N–C) groups is 1. The van der Waals surface area contributed by atoms with Gasteiger partial charge in [0.2, 0.25) is 0 Å². The minimum atomic E-state index is -4.31. The molecule has 0 aromatic heterocycles. The van der Waals surface area contributed by atoms with Crippen LogP contribution >= 0.6 is 0 Å². The van der Waals surface area contributed by atoms with E-state index in [2.05, 4.69) is 15.2 Å². The second kappa shape index (κ2) is 10.7. The summed E-state index contributed by atoms with van der Waals surface area (Å²) < 4.78 is 38.0. The van der Waals surface area contributed by atoms with Crippen molar-refractivity contribution in [2.75, 3.05) is 39.8 Å². The first-order valence-corrected chi connectivity index (χ1v) is 9.85. The van der Waals surface area contributed by atoms with Gasteiger partial charge in [0.1, 0.15) is 0 Å². The van der Waals surface area contributed by atoms with Crippen LogP contribution in [0.4, 0.5) is 13.2 Å². The second-order valence-electron chi connectivity index (χ2n) is 7.21. The average Bonchev–Trinajstić information content (AvgIpc) is 2.65. The summed E-state index contributed by atoms with van der Waals surface area (Å²) in [7, 11) is 1.88. The standard InChI is InChI=1S/C20H31F3N4O/c1-3-24-19(25-11-4-12-27-13-9-18(28)10-14-27)26(2)15-16-5-7-17(8-6-16)20(21,22)23/h5-8,18,28H,3-4,9-15H2,1-2H3,(H,24,25). The van der Waals surface area contributed by atoms with Crippen LogP contribution in [0.15, 0.2) is 29.3 Å². The number of aliphatic hydroxyl groups is 1. The van der Waals surface area contributed by atoms with Gasteiger partial charge in [-0.25, -0.2) is 0 Å². The largest absolute Gasteiger partial charge is 0.416 e. The molecule has 2 rings (SSSR count). The van der Waals surface area contributed by atoms with Gasteiger partial charge in [-0.1, -0.05) is 12.1 Å². The lowest BCUT2D eigenvalue weighted by Gasteiger charge is -2.29. The number of hydrogen-bond donors (Lipinski definition) is 2. The maximum Gasteiger partial charge on any atom is 0.416 e. The molecule has 0 atom stereocenters. The highest BCUT2D eigenvalue weighted by molar-refractivity contribution is 5.79. The first kappa shape index (κ1) is 22.5. The van der Waals surface area contributed by atoms with Gasteiger partial charge < -0.3 is 20.2 Å².